The van der Waals surface area contributed by atoms with Crippen LogP contribution >= 0.6 is 0 Å². The Balaban J connectivity index is 1.27. The van der Waals surface area contributed by atoms with Crippen molar-refractivity contribution >= 4 is 33.0 Å². The molecule has 0 unspecified atom stereocenters. The summed E-state index contributed by atoms with van der Waals surface area (Å²) in [5.74, 6) is -1.48. The third-order valence-corrected chi connectivity index (χ3v) is 10.6. The number of aromatic nitrogens is 2. The minimum absolute atomic E-state index is 0.416. The molecule has 0 radical (unpaired) electrons. The van der Waals surface area contributed by atoms with Crippen molar-refractivity contribution in [3.63, 3.8) is 0 Å². The van der Waals surface area contributed by atoms with E-state index in [9.17, 15) is 13.3 Å². The molecule has 7 aromatic carbocycles. The van der Waals surface area contributed by atoms with Crippen LogP contribution in [0.3, 0.4) is 0 Å². The van der Waals surface area contributed by atoms with Crippen LogP contribution in [0.25, 0.3) is 83.4 Å². The second-order valence-electron chi connectivity index (χ2n) is 14.6. The molecule has 0 aliphatic rings. The number of nitrogens with zero attached hydrogens (tertiary/aromatic N) is 4. The van der Waals surface area contributed by atoms with Gasteiger partial charge >= 0.3 is 0 Å². The fraction of sp³-hybridized carbons (Fsp3) is 0.118. The molecule has 0 saturated heterocycles. The van der Waals surface area contributed by atoms with Crippen molar-refractivity contribution in [3.8, 4) is 62.6 Å². The number of fused-ring (bicyclic) bond motifs is 4. The minimum atomic E-state index is -1.06. The van der Waals surface area contributed by atoms with Crippen LogP contribution in [-0.4, -0.2) is 9.55 Å². The normalized spacial score (nSPS) is 12.4. The van der Waals surface area contributed by atoms with E-state index in [1.807, 2.05) is 107 Å². The Morgan fingerprint density at radius 1 is 0.571 bits per heavy atom. The Kier molecular flexibility index (Phi) is 8.00. The molecule has 0 aliphatic carbocycles. The first-order valence-electron chi connectivity index (χ1n) is 19.7. The van der Waals surface area contributed by atoms with Crippen LogP contribution in [0.5, 0.6) is 0 Å². The number of rotatable bonds is 7. The van der Waals surface area contributed by atoms with Crippen molar-refractivity contribution in [1.82, 2.24) is 9.55 Å². The van der Waals surface area contributed by atoms with Gasteiger partial charge in [0.1, 0.15) is 17.0 Å². The van der Waals surface area contributed by atoms with Gasteiger partial charge in [0.05, 0.1) is 45.5 Å². The molecular formula is C51H38N4O. The zero-order valence-electron chi connectivity index (χ0n) is 33.6. The molecule has 0 bridgehead atoms. The van der Waals surface area contributed by atoms with Gasteiger partial charge in [0.25, 0.3) is 0 Å². The minimum Gasteiger partial charge on any atom is -0.455 e. The van der Waals surface area contributed by atoms with E-state index in [1.165, 1.54) is 0 Å². The van der Waals surface area contributed by atoms with E-state index in [1.54, 1.807) is 18.2 Å². The molecule has 0 fully saturated rings. The summed E-state index contributed by atoms with van der Waals surface area (Å²) in [7, 11) is 0. The third kappa shape index (κ3) is 5.91. The van der Waals surface area contributed by atoms with Gasteiger partial charge in [-0.05, 0) is 117 Å². The van der Waals surface area contributed by atoms with Crippen molar-refractivity contribution in [2.75, 3.05) is 0 Å². The van der Waals surface area contributed by atoms with Gasteiger partial charge < -0.3 is 4.42 Å². The SMILES string of the molecule is [2H]C(C)(C)c1cc(-c2ccc(-c3ccccc3)cc2)cc(C([2H])(C)C)c1-n1c(-c2cccc3c2oc2cc(-c4cc(C#N)cc(C#N)c4)ccc23)nc2ccccc21. The lowest BCUT2D eigenvalue weighted by molar-refractivity contribution is 0.669. The van der Waals surface area contributed by atoms with Crippen LogP contribution in [-0.2, 0) is 0 Å². The average molecular weight is 725 g/mol. The van der Waals surface area contributed by atoms with Crippen molar-refractivity contribution in [2.45, 2.75) is 39.5 Å². The van der Waals surface area contributed by atoms with Crippen LogP contribution < -0.4 is 0 Å². The lowest BCUT2D eigenvalue weighted by Gasteiger charge is -2.24. The highest BCUT2D eigenvalue weighted by molar-refractivity contribution is 6.10. The fourth-order valence-corrected chi connectivity index (χ4v) is 7.80. The van der Waals surface area contributed by atoms with E-state index in [0.29, 0.717) is 28.1 Å². The fourth-order valence-electron chi connectivity index (χ4n) is 7.80. The average Bonchev–Trinajstić information content (AvgIpc) is 3.81. The van der Waals surface area contributed by atoms with Gasteiger partial charge in [-0.2, -0.15) is 10.5 Å². The van der Waals surface area contributed by atoms with E-state index < -0.39 is 11.8 Å². The quantitative estimate of drug-likeness (QED) is 0.164. The first-order valence-corrected chi connectivity index (χ1v) is 18.7. The van der Waals surface area contributed by atoms with E-state index >= 15 is 0 Å². The maximum Gasteiger partial charge on any atom is 0.149 e. The van der Waals surface area contributed by atoms with Gasteiger partial charge in [-0.3, -0.25) is 4.57 Å². The standard InChI is InChI=1S/C51H38N4O/c1-31(2)44-26-40(37-19-17-36(18-20-37)35-11-6-5-7-12-35)27-45(32(3)4)49(44)55-47-16-9-8-15-46(47)54-51(55)43-14-10-13-42-41-22-21-38(28-48(41)56-50(42)43)39-24-33(29-52)23-34(25-39)30-53/h5-28,31-32H,1-4H3/i31D,32D. The van der Waals surface area contributed by atoms with Crippen LogP contribution in [0.1, 0.15) is 64.5 Å². The second kappa shape index (κ2) is 13.9. The molecule has 0 spiro atoms. The van der Waals surface area contributed by atoms with E-state index in [-0.39, 0.29) is 0 Å². The number of imidazole rings is 1. The zero-order valence-corrected chi connectivity index (χ0v) is 31.6. The van der Waals surface area contributed by atoms with Crippen LogP contribution in [0.2, 0.25) is 0 Å². The number of hydrogen-bond acceptors (Lipinski definition) is 4. The highest BCUT2D eigenvalue weighted by atomic mass is 16.3. The molecule has 2 aromatic heterocycles. The third-order valence-electron chi connectivity index (χ3n) is 10.6. The van der Waals surface area contributed by atoms with Gasteiger partial charge in [0, 0.05) is 13.5 Å². The number of nitriles is 2. The smallest absolute Gasteiger partial charge is 0.149 e. The lowest BCUT2D eigenvalue weighted by atomic mass is 9.87. The first-order chi connectivity index (χ1) is 27.9. The molecular weight excluding hydrogens is 685 g/mol. The van der Waals surface area contributed by atoms with Crippen LogP contribution in [0, 0.1) is 22.7 Å². The predicted octanol–water partition coefficient (Wildman–Crippen LogP) is 13.6. The topological polar surface area (TPSA) is 78.5 Å². The zero-order chi connectivity index (χ0) is 40.3. The summed E-state index contributed by atoms with van der Waals surface area (Å²) >= 11 is 0. The number of para-hydroxylation sites is 3. The monoisotopic (exact) mass is 724 g/mol. The maximum absolute atomic E-state index is 9.62. The van der Waals surface area contributed by atoms with Crippen LogP contribution in [0.15, 0.2) is 150 Å². The lowest BCUT2D eigenvalue weighted by Crippen LogP contribution is -2.09. The van der Waals surface area contributed by atoms with Crippen molar-refractivity contribution in [2.24, 2.45) is 0 Å². The predicted molar refractivity (Wildman–Crippen MR) is 228 cm³/mol. The van der Waals surface area contributed by atoms with E-state index in [4.69, 9.17) is 9.40 Å². The molecule has 0 saturated carbocycles. The summed E-state index contributed by atoms with van der Waals surface area (Å²) in [5, 5.41) is 21.1. The molecule has 56 heavy (non-hydrogen) atoms. The number of benzene rings is 7. The first kappa shape index (κ1) is 32.2. The summed E-state index contributed by atoms with van der Waals surface area (Å²) < 4.78 is 28.1. The number of furan rings is 1. The van der Waals surface area contributed by atoms with Gasteiger partial charge in [0.2, 0.25) is 0 Å². The highest BCUT2D eigenvalue weighted by Gasteiger charge is 2.25. The number of hydrogen-bond donors (Lipinski definition) is 0. The Labute approximate surface area is 329 Å². The largest absolute Gasteiger partial charge is 0.455 e. The molecule has 2 heterocycles. The highest BCUT2D eigenvalue weighted by Crippen LogP contribution is 2.43. The molecule has 9 aromatic rings. The molecule has 268 valence electrons. The molecule has 0 N–H and O–H groups in total. The van der Waals surface area contributed by atoms with Gasteiger partial charge in [-0.25, -0.2) is 4.98 Å². The molecule has 5 heteroatoms. The van der Waals surface area contributed by atoms with E-state index in [0.717, 1.165) is 77.6 Å². The van der Waals surface area contributed by atoms with Gasteiger partial charge in [-0.1, -0.05) is 113 Å². The summed E-state index contributed by atoms with van der Waals surface area (Å²) in [5.41, 5.74) is 12.7. The Hall–Kier alpha value is -7.21. The van der Waals surface area contributed by atoms with Gasteiger partial charge in [0.15, 0.2) is 0 Å². The van der Waals surface area contributed by atoms with Crippen molar-refractivity contribution in [3.05, 3.63) is 168 Å². The second-order valence-corrected chi connectivity index (χ2v) is 14.6. The summed E-state index contributed by atoms with van der Waals surface area (Å²) in [4.78, 5) is 5.27. The van der Waals surface area contributed by atoms with Gasteiger partial charge in [-0.15, -0.1) is 0 Å². The molecule has 9 rings (SSSR count). The Morgan fingerprint density at radius 2 is 1.16 bits per heavy atom. The molecule has 5 nitrogen and oxygen atoms in total. The molecule has 0 amide bonds. The van der Waals surface area contributed by atoms with Crippen LogP contribution in [0.4, 0.5) is 0 Å². The maximum atomic E-state index is 9.62. The molecule has 0 atom stereocenters. The van der Waals surface area contributed by atoms with E-state index in [2.05, 4.69) is 65.2 Å². The van der Waals surface area contributed by atoms with Crippen molar-refractivity contribution < 1.29 is 7.16 Å². The van der Waals surface area contributed by atoms with Crippen molar-refractivity contribution in [1.29, 1.82) is 10.5 Å². The Morgan fingerprint density at radius 3 is 1.82 bits per heavy atom. The summed E-state index contributed by atoms with van der Waals surface area (Å²) in [6, 6.07) is 52.5. The summed E-state index contributed by atoms with van der Waals surface area (Å²) in [6.45, 7) is 7.60. The molecule has 0 aliphatic heterocycles. The Bertz CT molecular complexity index is 3080. The summed E-state index contributed by atoms with van der Waals surface area (Å²) in [6.07, 6.45) is 0.